The normalized spacial score (nSPS) is 20.2. The smallest absolute Gasteiger partial charge is 0.414 e. The Morgan fingerprint density at radius 1 is 1.41 bits per heavy atom. The van der Waals surface area contributed by atoms with E-state index in [1.807, 2.05) is 0 Å². The zero-order valence-electron chi connectivity index (χ0n) is 16.9. The van der Waals surface area contributed by atoms with Crippen LogP contribution in [0.2, 0.25) is 0 Å². The Labute approximate surface area is 188 Å². The monoisotopic (exact) mass is 480 g/mol. The average Bonchev–Trinajstić information content (AvgIpc) is 3.33. The first-order valence-electron chi connectivity index (χ1n) is 9.73. The van der Waals surface area contributed by atoms with E-state index in [1.54, 1.807) is 29.1 Å². The molecule has 1 saturated heterocycles. The third kappa shape index (κ3) is 5.10. The van der Waals surface area contributed by atoms with E-state index < -0.39 is 27.9 Å². The van der Waals surface area contributed by atoms with Crippen LogP contribution in [-0.4, -0.2) is 58.8 Å². The number of amides is 1. The van der Waals surface area contributed by atoms with E-state index in [2.05, 4.69) is 10.3 Å². The molecule has 1 unspecified atom stereocenters. The quantitative estimate of drug-likeness (QED) is 0.470. The summed E-state index contributed by atoms with van der Waals surface area (Å²) in [5.74, 6) is -0.202. The van der Waals surface area contributed by atoms with Gasteiger partial charge in [0.1, 0.15) is 11.9 Å². The molecule has 2 aromatic rings. The van der Waals surface area contributed by atoms with Crippen LogP contribution in [0.25, 0.3) is 5.57 Å². The van der Waals surface area contributed by atoms with Crippen molar-refractivity contribution in [1.29, 1.82) is 5.41 Å². The summed E-state index contributed by atoms with van der Waals surface area (Å²) in [6.07, 6.45) is 2.42. The summed E-state index contributed by atoms with van der Waals surface area (Å²) in [6, 6.07) is 4.44. The third-order valence-corrected chi connectivity index (χ3v) is 7.35. The number of hydrogen-bond acceptors (Lipinski definition) is 8. The molecule has 3 N–H and O–H groups in total. The summed E-state index contributed by atoms with van der Waals surface area (Å²) in [5.41, 5.74) is 7.31. The van der Waals surface area contributed by atoms with Crippen LogP contribution in [0.4, 0.5) is 14.9 Å². The van der Waals surface area contributed by atoms with Gasteiger partial charge in [-0.1, -0.05) is 23.1 Å². The lowest BCUT2D eigenvalue weighted by Crippen LogP contribution is -2.26. The van der Waals surface area contributed by atoms with E-state index in [0.717, 1.165) is 11.8 Å². The number of halogens is 1. The van der Waals surface area contributed by atoms with Gasteiger partial charge in [-0.3, -0.25) is 10.3 Å². The molecule has 0 radical (unpaired) electrons. The Kier molecular flexibility index (Phi) is 6.20. The fourth-order valence-corrected chi connectivity index (χ4v) is 5.13. The first-order chi connectivity index (χ1) is 15.2. The molecule has 0 bridgehead atoms. The van der Waals surface area contributed by atoms with E-state index in [-0.39, 0.29) is 36.2 Å². The first-order valence-corrected chi connectivity index (χ1v) is 12.5. The first kappa shape index (κ1) is 22.3. The number of carbonyl (C=O) groups excluding carboxylic acids is 1. The lowest BCUT2D eigenvalue weighted by molar-refractivity contribution is 0.129. The van der Waals surface area contributed by atoms with Crippen LogP contribution < -0.4 is 10.6 Å². The minimum atomic E-state index is -3.10. The maximum absolute atomic E-state index is 14.8. The van der Waals surface area contributed by atoms with Crippen molar-refractivity contribution in [3.05, 3.63) is 47.5 Å². The van der Waals surface area contributed by atoms with Crippen molar-refractivity contribution in [1.82, 2.24) is 15.0 Å². The van der Waals surface area contributed by atoms with Gasteiger partial charge in [-0.15, -0.1) is 5.10 Å². The van der Waals surface area contributed by atoms with E-state index in [0.29, 0.717) is 28.3 Å². The van der Waals surface area contributed by atoms with Crippen molar-refractivity contribution in [3.8, 4) is 0 Å². The largest absolute Gasteiger partial charge is 0.442 e. The standard InChI is InChI=1S/C19H21FN6O4S2/c20-17-7-14(1-2-16(17)12-3-5-32(28,29)6-4-12)26-10-15(30-19(26)27)9-25-8-13(23-24-25)11-31-18(21)22/h1-3,7-8,15H,4-6,9-11H2,(H3,21,22). The number of rotatable bonds is 6. The van der Waals surface area contributed by atoms with Gasteiger partial charge in [-0.05, 0) is 30.2 Å². The van der Waals surface area contributed by atoms with E-state index in [9.17, 15) is 17.6 Å². The third-order valence-electron chi connectivity index (χ3n) is 5.10. The molecule has 1 amide bonds. The molecule has 0 saturated carbocycles. The SMILES string of the molecule is N=C(N)SCc1cn(CC2CN(c3ccc(C4=CCS(=O)(=O)CC4)c(F)c3)C(=O)O2)nn1. The number of sulfone groups is 1. The van der Waals surface area contributed by atoms with Gasteiger partial charge < -0.3 is 10.5 Å². The van der Waals surface area contributed by atoms with Gasteiger partial charge in [-0.2, -0.15) is 0 Å². The van der Waals surface area contributed by atoms with Gasteiger partial charge in [0.15, 0.2) is 15.0 Å². The van der Waals surface area contributed by atoms with Crippen molar-refractivity contribution >= 4 is 44.1 Å². The number of ether oxygens (including phenoxy) is 1. The molecule has 1 fully saturated rings. The number of nitrogens with zero attached hydrogens (tertiary/aromatic N) is 4. The number of nitrogens with two attached hydrogens (primary N) is 1. The summed E-state index contributed by atoms with van der Waals surface area (Å²) in [7, 11) is -3.10. The molecule has 1 atom stereocenters. The van der Waals surface area contributed by atoms with Crippen LogP contribution in [0.3, 0.4) is 0 Å². The van der Waals surface area contributed by atoms with Gasteiger partial charge in [0, 0.05) is 17.5 Å². The Morgan fingerprint density at radius 3 is 2.91 bits per heavy atom. The van der Waals surface area contributed by atoms with Gasteiger partial charge in [-0.25, -0.2) is 22.3 Å². The minimum absolute atomic E-state index is 0.00239. The number of amidine groups is 1. The Hall–Kier alpha value is -2.93. The fraction of sp³-hybridized carbons (Fsp3) is 0.368. The number of thioether (sulfide) groups is 1. The molecule has 2 aliphatic heterocycles. The van der Waals surface area contributed by atoms with E-state index in [1.165, 1.54) is 11.0 Å². The number of nitrogens with one attached hydrogen (secondary N) is 1. The molecule has 0 aliphatic carbocycles. The molecule has 10 nitrogen and oxygen atoms in total. The number of benzene rings is 1. The van der Waals surface area contributed by atoms with Gasteiger partial charge in [0.2, 0.25) is 0 Å². The maximum atomic E-state index is 14.8. The predicted octanol–water partition coefficient (Wildman–Crippen LogP) is 1.77. The van der Waals surface area contributed by atoms with Crippen LogP contribution in [0.15, 0.2) is 30.5 Å². The molecule has 32 heavy (non-hydrogen) atoms. The molecule has 1 aromatic heterocycles. The highest BCUT2D eigenvalue weighted by Gasteiger charge is 2.33. The van der Waals surface area contributed by atoms with Crippen LogP contribution in [-0.2, 0) is 26.9 Å². The lowest BCUT2D eigenvalue weighted by Gasteiger charge is -2.17. The number of carbonyl (C=O) groups is 1. The lowest BCUT2D eigenvalue weighted by atomic mass is 10.0. The Morgan fingerprint density at radius 2 is 2.22 bits per heavy atom. The zero-order valence-corrected chi connectivity index (χ0v) is 18.5. The number of anilines is 1. The second-order valence-electron chi connectivity index (χ2n) is 7.46. The summed E-state index contributed by atoms with van der Waals surface area (Å²) in [4.78, 5) is 13.7. The van der Waals surface area contributed by atoms with Crippen LogP contribution in [0.5, 0.6) is 0 Å². The van der Waals surface area contributed by atoms with Crippen molar-refractivity contribution in [3.63, 3.8) is 0 Å². The highest BCUT2D eigenvalue weighted by atomic mass is 32.2. The van der Waals surface area contributed by atoms with Crippen LogP contribution >= 0.6 is 11.8 Å². The Balaban J connectivity index is 1.41. The molecule has 0 spiro atoms. The highest BCUT2D eigenvalue weighted by Crippen LogP contribution is 2.30. The number of aromatic nitrogens is 3. The molecule has 3 heterocycles. The molecule has 1 aromatic carbocycles. The minimum Gasteiger partial charge on any atom is -0.442 e. The van der Waals surface area contributed by atoms with Gasteiger partial charge >= 0.3 is 6.09 Å². The van der Waals surface area contributed by atoms with E-state index >= 15 is 0 Å². The van der Waals surface area contributed by atoms with Crippen molar-refractivity contribution < 1.29 is 22.3 Å². The Bertz CT molecular complexity index is 1200. The molecule has 170 valence electrons. The van der Waals surface area contributed by atoms with Crippen molar-refractivity contribution in [2.75, 3.05) is 23.0 Å². The molecular formula is C19H21FN6O4S2. The number of hydrogen-bond donors (Lipinski definition) is 2. The summed E-state index contributed by atoms with van der Waals surface area (Å²) in [5, 5.41) is 15.2. The topological polar surface area (TPSA) is 144 Å². The van der Waals surface area contributed by atoms with Crippen molar-refractivity contribution in [2.24, 2.45) is 5.73 Å². The number of cyclic esters (lactones) is 1. The highest BCUT2D eigenvalue weighted by molar-refractivity contribution is 8.13. The summed E-state index contributed by atoms with van der Waals surface area (Å²) < 4.78 is 44.9. The average molecular weight is 481 g/mol. The van der Waals surface area contributed by atoms with E-state index in [4.69, 9.17) is 15.9 Å². The van der Waals surface area contributed by atoms with Gasteiger partial charge in [0.05, 0.1) is 36.0 Å². The molecule has 4 rings (SSSR count). The van der Waals surface area contributed by atoms with Gasteiger partial charge in [0.25, 0.3) is 0 Å². The molecule has 2 aliphatic rings. The second-order valence-corrected chi connectivity index (χ2v) is 10.7. The van der Waals surface area contributed by atoms with Crippen LogP contribution in [0, 0.1) is 11.2 Å². The summed E-state index contributed by atoms with van der Waals surface area (Å²) in [6.45, 7) is 0.498. The van der Waals surface area contributed by atoms with Crippen molar-refractivity contribution in [2.45, 2.75) is 24.8 Å². The maximum Gasteiger partial charge on any atom is 0.414 e. The number of allylic oxidation sites excluding steroid dienone is 1. The zero-order chi connectivity index (χ0) is 22.9. The molecular weight excluding hydrogens is 459 g/mol. The summed E-state index contributed by atoms with van der Waals surface area (Å²) >= 11 is 1.13. The molecule has 13 heteroatoms. The second kappa shape index (κ2) is 8.90. The predicted molar refractivity (Wildman–Crippen MR) is 118 cm³/mol. The fourth-order valence-electron chi connectivity index (χ4n) is 3.54. The van der Waals surface area contributed by atoms with Crippen LogP contribution in [0.1, 0.15) is 17.7 Å².